The van der Waals surface area contributed by atoms with Gasteiger partial charge in [-0.1, -0.05) is 45.0 Å². The highest BCUT2D eigenvalue weighted by atomic mass is 32.2. The van der Waals surface area contributed by atoms with E-state index < -0.39 is 0 Å². The van der Waals surface area contributed by atoms with Crippen molar-refractivity contribution >= 4 is 35.4 Å². The zero-order valence-electron chi connectivity index (χ0n) is 21.9. The lowest BCUT2D eigenvalue weighted by molar-refractivity contribution is 0.0526. The van der Waals surface area contributed by atoms with E-state index in [9.17, 15) is 19.2 Å². The molecule has 0 spiro atoms. The Kier molecular flexibility index (Phi) is 6.23. The maximum Gasteiger partial charge on any atom is 0.261 e. The molecule has 8 rings (SSSR count). The quantitative estimate of drug-likeness (QED) is 0.460. The van der Waals surface area contributed by atoms with Crippen molar-refractivity contribution in [2.75, 3.05) is 0 Å². The second-order valence-corrected chi connectivity index (χ2v) is 12.4. The lowest BCUT2D eigenvalue weighted by atomic mass is 9.99. The Labute approximate surface area is 227 Å². The number of carbonyl (C=O) groups is 4. The van der Waals surface area contributed by atoms with E-state index >= 15 is 0 Å². The zero-order valence-corrected chi connectivity index (χ0v) is 22.7. The van der Waals surface area contributed by atoms with Crippen LogP contribution in [0.5, 0.6) is 0 Å². The molecule has 198 valence electrons. The summed E-state index contributed by atoms with van der Waals surface area (Å²) in [6, 6.07) is 14.1. The van der Waals surface area contributed by atoms with Gasteiger partial charge in [0.25, 0.3) is 23.6 Å². The van der Waals surface area contributed by atoms with Gasteiger partial charge in [0.1, 0.15) is 0 Å². The Bertz CT molecular complexity index is 1170. The van der Waals surface area contributed by atoms with Crippen molar-refractivity contribution in [1.29, 1.82) is 0 Å². The van der Waals surface area contributed by atoms with E-state index in [1.165, 1.54) is 17.7 Å². The second kappa shape index (κ2) is 9.35. The first-order valence-electron chi connectivity index (χ1n) is 13.7. The van der Waals surface area contributed by atoms with E-state index in [1.807, 2.05) is 37.7 Å². The number of imide groups is 2. The molecular formula is C30H33N3O4S. The fourth-order valence-electron chi connectivity index (χ4n) is 7.04. The number of thioether (sulfide) groups is 1. The van der Waals surface area contributed by atoms with Crippen LogP contribution in [0.25, 0.3) is 0 Å². The molecule has 0 unspecified atom stereocenters. The van der Waals surface area contributed by atoms with Crippen molar-refractivity contribution in [3.05, 3.63) is 70.8 Å². The van der Waals surface area contributed by atoms with Gasteiger partial charge in [0.05, 0.1) is 28.3 Å². The summed E-state index contributed by atoms with van der Waals surface area (Å²) in [7, 11) is 0. The van der Waals surface area contributed by atoms with E-state index in [4.69, 9.17) is 5.73 Å². The Balaban J connectivity index is 0.000000131. The van der Waals surface area contributed by atoms with Gasteiger partial charge in [0.2, 0.25) is 0 Å². The highest BCUT2D eigenvalue weighted by Gasteiger charge is 2.59. The normalized spacial score (nSPS) is 35.1. The molecule has 0 radical (unpaired) electrons. The third-order valence-corrected chi connectivity index (χ3v) is 10.3. The SMILES string of the molecule is CC.C[C@H]1C[C@@H]2C[C@@H]2[C@H]1N1C(=O)c2ccccc2C1=O.N[C@H]1C[C@@H]2S[C@@H]2[C@H]1N1C(=O)c2ccccc2C1=O. The minimum absolute atomic E-state index is 0.0662. The average Bonchev–Trinajstić information content (AvgIpc) is 3.77. The third-order valence-electron chi connectivity index (χ3n) is 8.82. The molecule has 2 aromatic rings. The molecule has 8 heteroatoms. The van der Waals surface area contributed by atoms with Crippen LogP contribution in [0.4, 0.5) is 0 Å². The number of rotatable bonds is 2. The number of carbonyl (C=O) groups excluding carboxylic acids is 4. The van der Waals surface area contributed by atoms with Crippen LogP contribution in [-0.4, -0.2) is 62.1 Å². The van der Waals surface area contributed by atoms with Gasteiger partial charge in [-0.15, -0.1) is 0 Å². The highest BCUT2D eigenvalue weighted by molar-refractivity contribution is 8.07. The van der Waals surface area contributed by atoms with Crippen molar-refractivity contribution < 1.29 is 19.2 Å². The predicted molar refractivity (Wildman–Crippen MR) is 146 cm³/mol. The van der Waals surface area contributed by atoms with Crippen molar-refractivity contribution in [3.63, 3.8) is 0 Å². The van der Waals surface area contributed by atoms with Crippen LogP contribution in [0.3, 0.4) is 0 Å². The van der Waals surface area contributed by atoms with Crippen LogP contribution in [0.2, 0.25) is 0 Å². The Morgan fingerprint density at radius 2 is 1.16 bits per heavy atom. The fraction of sp³-hybridized carbons (Fsp3) is 0.467. The summed E-state index contributed by atoms with van der Waals surface area (Å²) in [6.45, 7) is 6.17. The molecule has 8 atom stereocenters. The predicted octanol–water partition coefficient (Wildman–Crippen LogP) is 4.22. The standard InChI is InChI=1S/C15H15NO2.C13H12N2O2S.C2H6/c1-8-6-9-7-12(9)13(8)16-14(17)10-4-2-3-5-11(10)15(16)18;14-8-5-9-11(18-9)10(8)15-12(16)6-3-1-2-4-7(6)13(15)17;1-2/h2-5,8-9,12-13H,6-7H2,1H3;1-4,8-11H,5,14H2;1-2H3/t8-,9+,12-,13-;8-,9-,10-,11-;/m00./s1. The van der Waals surface area contributed by atoms with E-state index in [0.29, 0.717) is 44.6 Å². The third kappa shape index (κ3) is 3.75. The van der Waals surface area contributed by atoms with Gasteiger partial charge in [-0.25, -0.2) is 0 Å². The Hall–Kier alpha value is -2.97. The molecule has 2 N–H and O–H groups in total. The largest absolute Gasteiger partial charge is 0.326 e. The zero-order chi connectivity index (χ0) is 26.9. The molecule has 1 saturated heterocycles. The van der Waals surface area contributed by atoms with Gasteiger partial charge in [0.15, 0.2) is 0 Å². The summed E-state index contributed by atoms with van der Waals surface area (Å²) in [5, 5.41) is 0.913. The molecule has 6 aliphatic rings. The molecular weight excluding hydrogens is 498 g/mol. The molecule has 3 aliphatic carbocycles. The molecule has 2 aromatic carbocycles. The van der Waals surface area contributed by atoms with E-state index in [0.717, 1.165) is 12.3 Å². The van der Waals surface area contributed by atoms with Crippen LogP contribution in [0.15, 0.2) is 48.5 Å². The van der Waals surface area contributed by atoms with Gasteiger partial charge in [0, 0.05) is 22.6 Å². The van der Waals surface area contributed by atoms with Crippen LogP contribution < -0.4 is 5.73 Å². The highest BCUT2D eigenvalue weighted by Crippen LogP contribution is 2.57. The first-order valence-corrected chi connectivity index (χ1v) is 14.7. The van der Waals surface area contributed by atoms with Crippen LogP contribution in [0, 0.1) is 17.8 Å². The number of hydrogen-bond acceptors (Lipinski definition) is 6. The monoisotopic (exact) mass is 531 g/mol. The molecule has 3 aliphatic heterocycles. The van der Waals surface area contributed by atoms with Crippen molar-refractivity contribution in [2.24, 2.45) is 23.5 Å². The van der Waals surface area contributed by atoms with Gasteiger partial charge < -0.3 is 5.73 Å². The van der Waals surface area contributed by atoms with Gasteiger partial charge in [-0.2, -0.15) is 11.8 Å². The number of nitrogens with two attached hydrogens (primary N) is 1. The van der Waals surface area contributed by atoms with Gasteiger partial charge in [-0.05, 0) is 61.3 Å². The first-order chi connectivity index (χ1) is 18.4. The smallest absolute Gasteiger partial charge is 0.261 e. The number of nitrogens with zero attached hydrogens (tertiary/aromatic N) is 2. The topological polar surface area (TPSA) is 101 Å². The molecule has 3 saturated carbocycles. The van der Waals surface area contributed by atoms with Gasteiger partial charge in [-0.3, -0.25) is 29.0 Å². The molecule has 4 fully saturated rings. The van der Waals surface area contributed by atoms with Crippen molar-refractivity contribution in [3.8, 4) is 0 Å². The minimum atomic E-state index is -0.177. The maximum atomic E-state index is 12.4. The lowest BCUT2D eigenvalue weighted by Gasteiger charge is -2.27. The lowest BCUT2D eigenvalue weighted by Crippen LogP contribution is -2.50. The number of benzene rings is 2. The van der Waals surface area contributed by atoms with E-state index in [-0.39, 0.29) is 41.8 Å². The summed E-state index contributed by atoms with van der Waals surface area (Å²) >= 11 is 1.83. The molecule has 3 heterocycles. The molecule has 0 aromatic heterocycles. The number of fused-ring (bicyclic) bond motifs is 4. The molecule has 0 bridgehead atoms. The minimum Gasteiger partial charge on any atom is -0.326 e. The van der Waals surface area contributed by atoms with Crippen LogP contribution in [-0.2, 0) is 0 Å². The van der Waals surface area contributed by atoms with E-state index in [2.05, 4.69) is 6.92 Å². The Morgan fingerprint density at radius 3 is 1.53 bits per heavy atom. The summed E-state index contributed by atoms with van der Waals surface area (Å²) < 4.78 is 0. The summed E-state index contributed by atoms with van der Waals surface area (Å²) in [5.74, 6) is 1.26. The number of amides is 4. The summed E-state index contributed by atoms with van der Waals surface area (Å²) in [5.41, 5.74) is 8.28. The van der Waals surface area contributed by atoms with Crippen LogP contribution >= 0.6 is 11.8 Å². The molecule has 38 heavy (non-hydrogen) atoms. The second-order valence-electron chi connectivity index (χ2n) is 10.9. The Morgan fingerprint density at radius 1 is 0.711 bits per heavy atom. The summed E-state index contributed by atoms with van der Waals surface area (Å²) in [4.78, 5) is 52.5. The van der Waals surface area contributed by atoms with Crippen LogP contribution in [0.1, 0.15) is 81.5 Å². The molecule has 7 nitrogen and oxygen atoms in total. The molecule has 4 amide bonds. The summed E-state index contributed by atoms with van der Waals surface area (Å²) in [6.07, 6.45) is 3.28. The van der Waals surface area contributed by atoms with Crippen molar-refractivity contribution in [2.45, 2.75) is 68.7 Å². The fourth-order valence-corrected chi connectivity index (χ4v) is 8.44. The average molecular weight is 532 g/mol. The number of hydrogen-bond donors (Lipinski definition) is 1. The van der Waals surface area contributed by atoms with E-state index in [1.54, 1.807) is 41.3 Å². The van der Waals surface area contributed by atoms with Crippen molar-refractivity contribution in [1.82, 2.24) is 9.80 Å². The van der Waals surface area contributed by atoms with Gasteiger partial charge >= 0.3 is 0 Å². The first kappa shape index (κ1) is 25.3. The maximum absolute atomic E-state index is 12.4.